The molecule has 1 aromatic rings. The topological polar surface area (TPSA) is 66.4 Å². The number of rotatable bonds is 4. The van der Waals surface area contributed by atoms with Crippen molar-refractivity contribution in [3.8, 4) is 0 Å². The molecule has 1 amide bonds. The lowest BCUT2D eigenvalue weighted by Crippen LogP contribution is -2.46. The summed E-state index contributed by atoms with van der Waals surface area (Å²) in [7, 11) is 0. The van der Waals surface area contributed by atoms with Gasteiger partial charge in [-0.1, -0.05) is 36.6 Å². The van der Waals surface area contributed by atoms with E-state index in [1.54, 1.807) is 0 Å². The molecule has 2 saturated carbocycles. The summed E-state index contributed by atoms with van der Waals surface area (Å²) in [6, 6.07) is 7.55. The molecule has 2 atom stereocenters. The van der Waals surface area contributed by atoms with Gasteiger partial charge in [-0.2, -0.15) is 0 Å². The van der Waals surface area contributed by atoms with Gasteiger partial charge in [0, 0.05) is 11.1 Å². The standard InChI is InChI=1S/C18H22ClNO3/c19-14-5-3-4-13(11-14)18(8-1-2-9-18)17(23)20-15-7-6-12(10-15)16(21)22/h3-5,11-12,15H,1-2,6-10H2,(H,20,23)(H,21,22)/t12-,15+/m1/s1. The number of carboxylic acids is 1. The maximum Gasteiger partial charge on any atom is 0.306 e. The van der Waals surface area contributed by atoms with Gasteiger partial charge in [0.1, 0.15) is 0 Å². The third-order valence-corrected chi connectivity index (χ3v) is 5.62. The molecule has 23 heavy (non-hydrogen) atoms. The van der Waals surface area contributed by atoms with Crippen LogP contribution in [-0.4, -0.2) is 23.0 Å². The zero-order valence-corrected chi connectivity index (χ0v) is 13.8. The quantitative estimate of drug-likeness (QED) is 0.884. The number of amides is 1. The van der Waals surface area contributed by atoms with Gasteiger partial charge >= 0.3 is 5.97 Å². The molecule has 0 unspecified atom stereocenters. The second kappa shape index (κ2) is 6.52. The Morgan fingerprint density at radius 2 is 1.96 bits per heavy atom. The van der Waals surface area contributed by atoms with Crippen LogP contribution in [0.1, 0.15) is 50.5 Å². The van der Waals surface area contributed by atoms with Crippen LogP contribution in [0.15, 0.2) is 24.3 Å². The van der Waals surface area contributed by atoms with Crippen LogP contribution in [0, 0.1) is 5.92 Å². The summed E-state index contributed by atoms with van der Waals surface area (Å²) in [5.41, 5.74) is 0.472. The lowest BCUT2D eigenvalue weighted by Gasteiger charge is -2.30. The second-order valence-electron chi connectivity index (χ2n) is 6.82. The van der Waals surface area contributed by atoms with Crippen LogP contribution in [0.2, 0.25) is 5.02 Å². The Morgan fingerprint density at radius 1 is 1.22 bits per heavy atom. The summed E-state index contributed by atoms with van der Waals surface area (Å²) in [5.74, 6) is -1.05. The van der Waals surface area contributed by atoms with Crippen molar-refractivity contribution >= 4 is 23.5 Å². The molecular formula is C18H22ClNO3. The minimum Gasteiger partial charge on any atom is -0.481 e. The summed E-state index contributed by atoms with van der Waals surface area (Å²) in [6.45, 7) is 0. The van der Waals surface area contributed by atoms with Gasteiger partial charge in [-0.15, -0.1) is 0 Å². The summed E-state index contributed by atoms with van der Waals surface area (Å²) in [6.07, 6.45) is 5.64. The van der Waals surface area contributed by atoms with E-state index in [1.165, 1.54) is 0 Å². The molecular weight excluding hydrogens is 314 g/mol. The van der Waals surface area contributed by atoms with Crippen LogP contribution in [0.4, 0.5) is 0 Å². The highest BCUT2D eigenvalue weighted by Crippen LogP contribution is 2.42. The number of carboxylic acid groups (broad SMARTS) is 1. The first kappa shape index (κ1) is 16.3. The largest absolute Gasteiger partial charge is 0.481 e. The smallest absolute Gasteiger partial charge is 0.306 e. The van der Waals surface area contributed by atoms with Gasteiger partial charge in [-0.05, 0) is 49.8 Å². The van der Waals surface area contributed by atoms with Gasteiger partial charge in [0.05, 0.1) is 11.3 Å². The van der Waals surface area contributed by atoms with E-state index >= 15 is 0 Å². The normalized spacial score (nSPS) is 26.1. The number of carbonyl (C=O) groups is 2. The van der Waals surface area contributed by atoms with Gasteiger partial charge in [0.25, 0.3) is 0 Å². The zero-order chi connectivity index (χ0) is 16.4. The maximum absolute atomic E-state index is 13.0. The monoisotopic (exact) mass is 335 g/mol. The molecule has 0 bridgehead atoms. The summed E-state index contributed by atoms with van der Waals surface area (Å²) in [4.78, 5) is 24.1. The maximum atomic E-state index is 13.0. The van der Waals surface area contributed by atoms with Crippen molar-refractivity contribution in [1.29, 1.82) is 0 Å². The van der Waals surface area contributed by atoms with Crippen LogP contribution in [-0.2, 0) is 15.0 Å². The molecule has 1 aromatic carbocycles. The van der Waals surface area contributed by atoms with Crippen LogP contribution in [0.3, 0.4) is 0 Å². The molecule has 5 heteroatoms. The molecule has 0 spiro atoms. The Morgan fingerprint density at radius 3 is 2.57 bits per heavy atom. The number of nitrogens with one attached hydrogen (secondary N) is 1. The SMILES string of the molecule is O=C(O)[C@@H]1CC[C@H](NC(=O)C2(c3cccc(Cl)c3)CCCC2)C1. The summed E-state index contributed by atoms with van der Waals surface area (Å²) >= 11 is 6.12. The second-order valence-corrected chi connectivity index (χ2v) is 7.25. The Balaban J connectivity index is 1.76. The Bertz CT molecular complexity index is 610. The summed E-state index contributed by atoms with van der Waals surface area (Å²) < 4.78 is 0. The van der Waals surface area contributed by atoms with E-state index in [-0.39, 0.29) is 17.9 Å². The van der Waals surface area contributed by atoms with Gasteiger partial charge in [0.2, 0.25) is 5.91 Å². The predicted octanol–water partition coefficient (Wildman–Crippen LogP) is 3.52. The van der Waals surface area contributed by atoms with E-state index in [4.69, 9.17) is 16.7 Å². The van der Waals surface area contributed by atoms with Crippen molar-refractivity contribution in [3.63, 3.8) is 0 Å². The highest BCUT2D eigenvalue weighted by atomic mass is 35.5. The first-order valence-electron chi connectivity index (χ1n) is 8.31. The third-order valence-electron chi connectivity index (χ3n) is 5.39. The van der Waals surface area contributed by atoms with E-state index in [0.717, 1.165) is 37.7 Å². The lowest BCUT2D eigenvalue weighted by molar-refractivity contribution is -0.141. The number of halogens is 1. The van der Waals surface area contributed by atoms with E-state index in [1.807, 2.05) is 24.3 Å². The minimum absolute atomic E-state index is 0.0275. The average Bonchev–Trinajstić information content (AvgIpc) is 3.17. The molecule has 2 N–H and O–H groups in total. The van der Waals surface area contributed by atoms with Crippen LogP contribution >= 0.6 is 11.6 Å². The molecule has 0 radical (unpaired) electrons. The minimum atomic E-state index is -0.757. The Labute approximate surface area is 141 Å². The molecule has 124 valence electrons. The van der Waals surface area contributed by atoms with Gasteiger partial charge < -0.3 is 10.4 Å². The van der Waals surface area contributed by atoms with Crippen molar-refractivity contribution in [3.05, 3.63) is 34.9 Å². The number of carbonyl (C=O) groups excluding carboxylic acids is 1. The molecule has 2 aliphatic rings. The van der Waals surface area contributed by atoms with E-state index in [2.05, 4.69) is 5.32 Å². The van der Waals surface area contributed by atoms with Gasteiger partial charge in [-0.25, -0.2) is 0 Å². The van der Waals surface area contributed by atoms with E-state index < -0.39 is 11.4 Å². The Hall–Kier alpha value is -1.55. The highest BCUT2D eigenvalue weighted by Gasteiger charge is 2.44. The number of benzene rings is 1. The van der Waals surface area contributed by atoms with Gasteiger partial charge in [-0.3, -0.25) is 9.59 Å². The van der Waals surface area contributed by atoms with Crippen molar-refractivity contribution < 1.29 is 14.7 Å². The molecule has 4 nitrogen and oxygen atoms in total. The first-order valence-corrected chi connectivity index (χ1v) is 8.69. The molecule has 0 heterocycles. The fraction of sp³-hybridized carbons (Fsp3) is 0.556. The average molecular weight is 336 g/mol. The lowest BCUT2D eigenvalue weighted by atomic mass is 9.77. The van der Waals surface area contributed by atoms with Crippen molar-refractivity contribution in [2.75, 3.05) is 0 Å². The Kier molecular flexibility index (Phi) is 4.62. The fourth-order valence-electron chi connectivity index (χ4n) is 4.07. The van der Waals surface area contributed by atoms with Gasteiger partial charge in [0.15, 0.2) is 0 Å². The third kappa shape index (κ3) is 3.23. The number of aliphatic carboxylic acids is 1. The highest BCUT2D eigenvalue weighted by molar-refractivity contribution is 6.30. The number of hydrogen-bond donors (Lipinski definition) is 2. The van der Waals surface area contributed by atoms with Crippen LogP contribution < -0.4 is 5.32 Å². The zero-order valence-electron chi connectivity index (χ0n) is 13.1. The molecule has 3 rings (SSSR count). The number of hydrogen-bond acceptors (Lipinski definition) is 2. The molecule has 0 saturated heterocycles. The van der Waals surface area contributed by atoms with Crippen molar-refractivity contribution in [2.45, 2.75) is 56.4 Å². The van der Waals surface area contributed by atoms with Crippen LogP contribution in [0.25, 0.3) is 0 Å². The van der Waals surface area contributed by atoms with Crippen molar-refractivity contribution in [2.24, 2.45) is 5.92 Å². The molecule has 2 fully saturated rings. The van der Waals surface area contributed by atoms with E-state index in [9.17, 15) is 9.59 Å². The van der Waals surface area contributed by atoms with Crippen molar-refractivity contribution in [1.82, 2.24) is 5.32 Å². The predicted molar refractivity (Wildman–Crippen MR) is 88.5 cm³/mol. The fourth-order valence-corrected chi connectivity index (χ4v) is 4.26. The molecule has 2 aliphatic carbocycles. The molecule has 0 aromatic heterocycles. The van der Waals surface area contributed by atoms with Crippen LogP contribution in [0.5, 0.6) is 0 Å². The van der Waals surface area contributed by atoms with E-state index in [0.29, 0.717) is 17.9 Å². The first-order chi connectivity index (χ1) is 11.0. The molecule has 0 aliphatic heterocycles. The summed E-state index contributed by atoms with van der Waals surface area (Å²) in [5, 5.41) is 12.9.